The van der Waals surface area contributed by atoms with Gasteiger partial charge in [-0.05, 0) is 36.8 Å². The largest absolute Gasteiger partial charge is 0.492 e. The molecule has 0 unspecified atom stereocenters. The number of carbonyl (C=O) groups is 1. The Morgan fingerprint density at radius 3 is 2.74 bits per heavy atom. The van der Waals surface area contributed by atoms with Crippen molar-refractivity contribution in [2.75, 3.05) is 33.4 Å². The molecular formula is C20H23ClN2O4. The molecule has 2 amide bonds. The Morgan fingerprint density at radius 1 is 1.22 bits per heavy atom. The van der Waals surface area contributed by atoms with Gasteiger partial charge in [-0.1, -0.05) is 29.3 Å². The van der Waals surface area contributed by atoms with Gasteiger partial charge in [0.25, 0.3) is 0 Å². The minimum Gasteiger partial charge on any atom is -0.492 e. The smallest absolute Gasteiger partial charge is 0.317 e. The van der Waals surface area contributed by atoms with Crippen molar-refractivity contribution in [1.29, 1.82) is 0 Å². The molecular weight excluding hydrogens is 368 g/mol. The lowest BCUT2D eigenvalue weighted by molar-refractivity contribution is 0.171. The normalized spacial score (nSPS) is 12.4. The summed E-state index contributed by atoms with van der Waals surface area (Å²) in [6, 6.07) is 11.2. The predicted molar refractivity (Wildman–Crippen MR) is 104 cm³/mol. The van der Waals surface area contributed by atoms with Gasteiger partial charge in [-0.15, -0.1) is 0 Å². The van der Waals surface area contributed by atoms with E-state index in [-0.39, 0.29) is 6.03 Å². The number of hydrogen-bond acceptors (Lipinski definition) is 4. The Bertz CT molecular complexity index is 795. The van der Waals surface area contributed by atoms with Crippen LogP contribution < -0.4 is 19.5 Å². The summed E-state index contributed by atoms with van der Waals surface area (Å²) in [7, 11) is 1.73. The third kappa shape index (κ3) is 5.20. The zero-order valence-electron chi connectivity index (χ0n) is 15.5. The third-order valence-electron chi connectivity index (χ3n) is 4.16. The van der Waals surface area contributed by atoms with E-state index in [1.165, 1.54) is 5.56 Å². The summed E-state index contributed by atoms with van der Waals surface area (Å²) >= 11 is 6.22. The third-order valence-corrected chi connectivity index (χ3v) is 4.44. The molecule has 0 radical (unpaired) electrons. The quantitative estimate of drug-likeness (QED) is 0.818. The minimum atomic E-state index is -0.187. The molecule has 6 nitrogen and oxygen atoms in total. The fourth-order valence-corrected chi connectivity index (χ4v) is 2.90. The average molecular weight is 391 g/mol. The first kappa shape index (κ1) is 19.2. The lowest BCUT2D eigenvalue weighted by atomic mass is 10.2. The van der Waals surface area contributed by atoms with E-state index in [0.717, 1.165) is 11.3 Å². The molecule has 2 aromatic rings. The number of hydrogen-bond donors (Lipinski definition) is 1. The van der Waals surface area contributed by atoms with E-state index in [1.54, 1.807) is 18.0 Å². The van der Waals surface area contributed by atoms with Crippen molar-refractivity contribution in [3.05, 3.63) is 52.5 Å². The van der Waals surface area contributed by atoms with Gasteiger partial charge < -0.3 is 24.4 Å². The maximum absolute atomic E-state index is 12.2. The van der Waals surface area contributed by atoms with E-state index in [2.05, 4.69) is 5.32 Å². The number of urea groups is 1. The maximum atomic E-state index is 12.2. The zero-order valence-corrected chi connectivity index (χ0v) is 16.2. The van der Waals surface area contributed by atoms with Gasteiger partial charge in [0.05, 0.1) is 11.6 Å². The molecule has 0 fully saturated rings. The number of halogens is 1. The molecule has 0 spiro atoms. The van der Waals surface area contributed by atoms with E-state index in [9.17, 15) is 4.79 Å². The van der Waals surface area contributed by atoms with E-state index >= 15 is 0 Å². The predicted octanol–water partition coefficient (Wildman–Crippen LogP) is 3.64. The van der Waals surface area contributed by atoms with Crippen LogP contribution in [0.3, 0.4) is 0 Å². The summed E-state index contributed by atoms with van der Waals surface area (Å²) in [5, 5.41) is 3.35. The number of nitrogens with zero attached hydrogens (tertiary/aromatic N) is 1. The Hall–Kier alpha value is -2.60. The average Bonchev–Trinajstić information content (AvgIpc) is 2.67. The summed E-state index contributed by atoms with van der Waals surface area (Å²) in [5.41, 5.74) is 2.03. The second-order valence-electron chi connectivity index (χ2n) is 6.34. The van der Waals surface area contributed by atoms with Crippen LogP contribution in [0.15, 0.2) is 36.4 Å². The van der Waals surface area contributed by atoms with E-state index in [4.69, 9.17) is 25.8 Å². The number of rotatable bonds is 6. The van der Waals surface area contributed by atoms with Crippen molar-refractivity contribution in [2.24, 2.45) is 0 Å². The van der Waals surface area contributed by atoms with Gasteiger partial charge in [-0.3, -0.25) is 0 Å². The van der Waals surface area contributed by atoms with Crippen LogP contribution in [0, 0.1) is 6.92 Å². The number of amides is 2. The number of carbonyl (C=O) groups excluding carboxylic acids is 1. The second-order valence-corrected chi connectivity index (χ2v) is 6.75. The van der Waals surface area contributed by atoms with Crippen LogP contribution in [0.2, 0.25) is 5.02 Å². The van der Waals surface area contributed by atoms with E-state index in [1.807, 2.05) is 37.3 Å². The van der Waals surface area contributed by atoms with Crippen molar-refractivity contribution < 1.29 is 19.0 Å². The highest BCUT2D eigenvalue weighted by Crippen LogP contribution is 2.38. The SMILES string of the molecule is Cc1ccc(OCCN(C)C(=O)NCc2cc(Cl)c3c(c2)OCCO3)cc1. The van der Waals surface area contributed by atoms with Crippen molar-refractivity contribution in [1.82, 2.24) is 10.2 Å². The Labute approximate surface area is 164 Å². The first-order valence-corrected chi connectivity index (χ1v) is 9.17. The molecule has 1 heterocycles. The summed E-state index contributed by atoms with van der Waals surface area (Å²) in [4.78, 5) is 13.8. The molecule has 144 valence electrons. The van der Waals surface area contributed by atoms with Crippen molar-refractivity contribution in [3.8, 4) is 17.2 Å². The Balaban J connectivity index is 1.45. The molecule has 3 rings (SSSR count). The van der Waals surface area contributed by atoms with Gasteiger partial charge in [0.1, 0.15) is 25.6 Å². The summed E-state index contributed by atoms with van der Waals surface area (Å²) in [6.07, 6.45) is 0. The van der Waals surface area contributed by atoms with Gasteiger partial charge in [0.2, 0.25) is 0 Å². The van der Waals surface area contributed by atoms with Crippen LogP contribution in [-0.2, 0) is 6.54 Å². The van der Waals surface area contributed by atoms with Gasteiger partial charge in [-0.2, -0.15) is 0 Å². The molecule has 0 atom stereocenters. The molecule has 1 aliphatic heterocycles. The monoisotopic (exact) mass is 390 g/mol. The Kier molecular flexibility index (Phi) is 6.29. The molecule has 0 saturated carbocycles. The first-order chi connectivity index (χ1) is 13.0. The fraction of sp³-hybridized carbons (Fsp3) is 0.350. The van der Waals surface area contributed by atoms with Crippen LogP contribution >= 0.6 is 11.6 Å². The molecule has 1 aliphatic rings. The molecule has 0 aliphatic carbocycles. The standard InChI is InChI=1S/C20H23ClN2O4/c1-14-3-5-16(6-4-14)25-8-7-23(2)20(24)22-13-15-11-17(21)19-18(12-15)26-9-10-27-19/h3-6,11-12H,7-10,13H2,1-2H3,(H,22,24). The van der Waals surface area contributed by atoms with Gasteiger partial charge in [-0.25, -0.2) is 4.79 Å². The number of likely N-dealkylation sites (N-methyl/N-ethyl adjacent to an activating group) is 1. The zero-order chi connectivity index (χ0) is 19.2. The van der Waals surface area contributed by atoms with Gasteiger partial charge in [0.15, 0.2) is 11.5 Å². The van der Waals surface area contributed by atoms with Crippen molar-refractivity contribution in [2.45, 2.75) is 13.5 Å². The Morgan fingerprint density at radius 2 is 1.96 bits per heavy atom. The van der Waals surface area contributed by atoms with Crippen LogP contribution in [0.4, 0.5) is 4.79 Å². The lowest BCUT2D eigenvalue weighted by Crippen LogP contribution is -2.39. The van der Waals surface area contributed by atoms with Crippen LogP contribution in [0.1, 0.15) is 11.1 Å². The van der Waals surface area contributed by atoms with Crippen molar-refractivity contribution >= 4 is 17.6 Å². The number of aryl methyl sites for hydroxylation is 1. The topological polar surface area (TPSA) is 60.0 Å². The lowest BCUT2D eigenvalue weighted by Gasteiger charge is -2.21. The molecule has 0 saturated heterocycles. The summed E-state index contributed by atoms with van der Waals surface area (Å²) in [5.74, 6) is 1.96. The van der Waals surface area contributed by atoms with Gasteiger partial charge >= 0.3 is 6.03 Å². The second kappa shape index (κ2) is 8.86. The minimum absolute atomic E-state index is 0.187. The van der Waals surface area contributed by atoms with Crippen LogP contribution in [-0.4, -0.2) is 44.3 Å². The number of nitrogens with one attached hydrogen (secondary N) is 1. The molecule has 2 aromatic carbocycles. The van der Waals surface area contributed by atoms with E-state index in [0.29, 0.717) is 49.4 Å². The number of fused-ring (bicyclic) bond motifs is 1. The molecule has 7 heteroatoms. The number of benzene rings is 2. The summed E-state index contributed by atoms with van der Waals surface area (Å²) in [6.45, 7) is 4.24. The van der Waals surface area contributed by atoms with Gasteiger partial charge in [0, 0.05) is 13.6 Å². The van der Waals surface area contributed by atoms with Crippen molar-refractivity contribution in [3.63, 3.8) is 0 Å². The molecule has 0 bridgehead atoms. The van der Waals surface area contributed by atoms with Crippen LogP contribution in [0.5, 0.6) is 17.2 Å². The van der Waals surface area contributed by atoms with Crippen LogP contribution in [0.25, 0.3) is 0 Å². The maximum Gasteiger partial charge on any atom is 0.317 e. The highest BCUT2D eigenvalue weighted by molar-refractivity contribution is 6.32. The fourth-order valence-electron chi connectivity index (χ4n) is 2.62. The molecule has 1 N–H and O–H groups in total. The highest BCUT2D eigenvalue weighted by atomic mass is 35.5. The number of ether oxygens (including phenoxy) is 3. The highest BCUT2D eigenvalue weighted by Gasteiger charge is 2.17. The molecule has 0 aromatic heterocycles. The summed E-state index contributed by atoms with van der Waals surface area (Å²) < 4.78 is 16.7. The molecule has 27 heavy (non-hydrogen) atoms. The first-order valence-electron chi connectivity index (χ1n) is 8.79. The van der Waals surface area contributed by atoms with E-state index < -0.39 is 0 Å².